The minimum Gasteiger partial charge on any atom is -0.348 e. The molecule has 0 bridgehead atoms. The van der Waals surface area contributed by atoms with Gasteiger partial charge in [-0.3, -0.25) is 0 Å². The number of allylic oxidation sites excluding steroid dienone is 1. The van der Waals surface area contributed by atoms with E-state index in [-0.39, 0.29) is 0 Å². The summed E-state index contributed by atoms with van der Waals surface area (Å²) in [4.78, 5) is 0. The summed E-state index contributed by atoms with van der Waals surface area (Å²) in [6, 6.07) is 31.2. The number of rotatable bonds is 7. The predicted octanol–water partition coefficient (Wildman–Crippen LogP) is 5.59. The van der Waals surface area contributed by atoms with Gasteiger partial charge in [0, 0.05) is 14.2 Å². The quantitative estimate of drug-likeness (QED) is 0.311. The Balaban J connectivity index is 2.51. The second kappa shape index (κ2) is 8.34. The van der Waals surface area contributed by atoms with Gasteiger partial charge in [0.25, 0.3) is 0 Å². The van der Waals surface area contributed by atoms with Crippen molar-refractivity contribution in [2.24, 2.45) is 0 Å². The lowest BCUT2D eigenvalue weighted by Gasteiger charge is -2.48. The Hall–Kier alpha value is -2.68. The highest BCUT2D eigenvalue weighted by atomic mass is 16.7. The van der Waals surface area contributed by atoms with Gasteiger partial charge >= 0.3 is 0 Å². The van der Waals surface area contributed by atoms with Crippen molar-refractivity contribution in [2.75, 3.05) is 14.2 Å². The highest BCUT2D eigenvalue weighted by molar-refractivity contribution is 5.54. The summed E-state index contributed by atoms with van der Waals surface area (Å²) >= 11 is 0. The third-order valence-corrected chi connectivity index (χ3v) is 5.14. The van der Waals surface area contributed by atoms with Crippen LogP contribution in [0.5, 0.6) is 0 Å². The molecule has 0 aliphatic heterocycles. The third kappa shape index (κ3) is 3.12. The molecule has 27 heavy (non-hydrogen) atoms. The molecule has 3 rings (SSSR count). The summed E-state index contributed by atoms with van der Waals surface area (Å²) in [5.41, 5.74) is 2.62. The topological polar surface area (TPSA) is 18.5 Å². The maximum absolute atomic E-state index is 6.15. The van der Waals surface area contributed by atoms with E-state index in [0.717, 1.165) is 16.7 Å². The second-order valence-electron chi connectivity index (χ2n) is 6.42. The number of methoxy groups -OCH3 is 2. The van der Waals surface area contributed by atoms with Crippen molar-refractivity contribution >= 4 is 0 Å². The van der Waals surface area contributed by atoms with Crippen LogP contribution in [0, 0.1) is 0 Å². The third-order valence-electron chi connectivity index (χ3n) is 5.14. The molecule has 0 aliphatic rings. The number of benzene rings is 3. The van der Waals surface area contributed by atoms with Crippen LogP contribution in [0.2, 0.25) is 0 Å². The van der Waals surface area contributed by atoms with Crippen molar-refractivity contribution in [3.63, 3.8) is 0 Å². The Labute approximate surface area is 162 Å². The Bertz CT molecular complexity index is 754. The summed E-state index contributed by atoms with van der Waals surface area (Å²) in [6.07, 6.45) is 3.98. The van der Waals surface area contributed by atoms with Crippen molar-refractivity contribution in [3.8, 4) is 0 Å². The van der Waals surface area contributed by atoms with Gasteiger partial charge in [-0.05, 0) is 29.7 Å². The van der Waals surface area contributed by atoms with Gasteiger partial charge in [0.2, 0.25) is 5.79 Å². The number of hydrogen-bond acceptors (Lipinski definition) is 2. The van der Waals surface area contributed by atoms with E-state index in [9.17, 15) is 0 Å². The van der Waals surface area contributed by atoms with Gasteiger partial charge in [-0.1, -0.05) is 97.1 Å². The SMILES string of the molecule is CC=CC(OC)(OC)C(c1ccccc1)(c1ccccc1)c1ccccc1. The van der Waals surface area contributed by atoms with Gasteiger partial charge < -0.3 is 9.47 Å². The van der Waals surface area contributed by atoms with Crippen LogP contribution >= 0.6 is 0 Å². The van der Waals surface area contributed by atoms with Gasteiger partial charge in [-0.2, -0.15) is 0 Å². The zero-order valence-corrected chi connectivity index (χ0v) is 16.1. The predicted molar refractivity (Wildman–Crippen MR) is 111 cm³/mol. The monoisotopic (exact) mass is 358 g/mol. The van der Waals surface area contributed by atoms with Crippen molar-refractivity contribution in [3.05, 3.63) is 120 Å². The molecule has 0 saturated carbocycles. The van der Waals surface area contributed by atoms with E-state index in [4.69, 9.17) is 9.47 Å². The van der Waals surface area contributed by atoms with Crippen LogP contribution in [-0.2, 0) is 14.9 Å². The molecule has 0 radical (unpaired) electrons. The number of ether oxygens (including phenoxy) is 2. The Morgan fingerprint density at radius 1 is 0.593 bits per heavy atom. The fourth-order valence-electron chi connectivity index (χ4n) is 4.04. The molecule has 2 nitrogen and oxygen atoms in total. The van der Waals surface area contributed by atoms with Gasteiger partial charge in [-0.25, -0.2) is 0 Å². The first kappa shape index (κ1) is 19.1. The molecular formula is C25H26O2. The molecule has 0 heterocycles. The Morgan fingerprint density at radius 3 is 1.19 bits per heavy atom. The largest absolute Gasteiger partial charge is 0.348 e. The second-order valence-corrected chi connectivity index (χ2v) is 6.42. The van der Waals surface area contributed by atoms with Crippen LogP contribution in [0.15, 0.2) is 103 Å². The lowest BCUT2D eigenvalue weighted by molar-refractivity contribution is -0.198. The summed E-state index contributed by atoms with van der Waals surface area (Å²) in [6.45, 7) is 1.98. The summed E-state index contributed by atoms with van der Waals surface area (Å²) in [7, 11) is 3.40. The van der Waals surface area contributed by atoms with Gasteiger partial charge in [0.1, 0.15) is 5.41 Å². The van der Waals surface area contributed by atoms with E-state index in [1.54, 1.807) is 14.2 Å². The van der Waals surface area contributed by atoms with Gasteiger partial charge in [-0.15, -0.1) is 0 Å². The van der Waals surface area contributed by atoms with E-state index >= 15 is 0 Å². The first-order valence-electron chi connectivity index (χ1n) is 9.16. The Kier molecular flexibility index (Phi) is 5.90. The normalized spacial score (nSPS) is 12.4. The maximum atomic E-state index is 6.15. The zero-order chi connectivity index (χ0) is 19.2. The molecule has 3 aromatic carbocycles. The standard InChI is InChI=1S/C25H26O2/c1-4-20-24(26-2,27-3)25(21-14-8-5-9-15-21,22-16-10-6-11-17-22)23-18-12-7-13-19-23/h4-20H,1-3H3. The van der Waals surface area contributed by atoms with Crippen LogP contribution in [-0.4, -0.2) is 20.0 Å². The molecule has 0 aliphatic carbocycles. The average Bonchev–Trinajstić information content (AvgIpc) is 2.76. The first-order valence-corrected chi connectivity index (χ1v) is 9.16. The maximum Gasteiger partial charge on any atom is 0.205 e. The molecule has 0 unspecified atom stereocenters. The van der Waals surface area contributed by atoms with Gasteiger partial charge in [0.05, 0.1) is 0 Å². The molecule has 138 valence electrons. The van der Waals surface area contributed by atoms with E-state index in [1.165, 1.54) is 0 Å². The molecule has 0 amide bonds. The van der Waals surface area contributed by atoms with E-state index < -0.39 is 11.2 Å². The molecular weight excluding hydrogens is 332 g/mol. The highest BCUT2D eigenvalue weighted by Gasteiger charge is 2.54. The smallest absolute Gasteiger partial charge is 0.205 e. The lowest BCUT2D eigenvalue weighted by Crippen LogP contribution is -2.54. The highest BCUT2D eigenvalue weighted by Crippen LogP contribution is 2.50. The zero-order valence-electron chi connectivity index (χ0n) is 16.1. The van der Waals surface area contributed by atoms with Gasteiger partial charge in [0.15, 0.2) is 0 Å². The first-order chi connectivity index (χ1) is 13.2. The molecule has 0 N–H and O–H groups in total. The summed E-state index contributed by atoms with van der Waals surface area (Å²) in [5, 5.41) is 0. The van der Waals surface area contributed by atoms with Crippen LogP contribution in [0.1, 0.15) is 23.6 Å². The van der Waals surface area contributed by atoms with E-state index in [0.29, 0.717) is 0 Å². The fourth-order valence-corrected chi connectivity index (χ4v) is 4.04. The lowest BCUT2D eigenvalue weighted by atomic mass is 9.63. The van der Waals surface area contributed by atoms with Crippen molar-refractivity contribution in [1.29, 1.82) is 0 Å². The minimum absolute atomic E-state index is 0.688. The Morgan fingerprint density at radius 2 is 0.926 bits per heavy atom. The minimum atomic E-state index is -1.02. The molecule has 2 heteroatoms. The van der Waals surface area contributed by atoms with Crippen LogP contribution in [0.25, 0.3) is 0 Å². The molecule has 0 atom stereocenters. The molecule has 0 spiro atoms. The molecule has 0 saturated heterocycles. The van der Waals surface area contributed by atoms with E-state index in [1.807, 2.05) is 37.3 Å². The van der Waals surface area contributed by atoms with Crippen LogP contribution < -0.4 is 0 Å². The fraction of sp³-hybridized carbons (Fsp3) is 0.200. The molecule has 0 fully saturated rings. The molecule has 0 aromatic heterocycles. The van der Waals surface area contributed by atoms with Crippen molar-refractivity contribution < 1.29 is 9.47 Å². The van der Waals surface area contributed by atoms with Crippen LogP contribution in [0.4, 0.5) is 0 Å². The van der Waals surface area contributed by atoms with Crippen molar-refractivity contribution in [2.45, 2.75) is 18.1 Å². The summed E-state index contributed by atoms with van der Waals surface area (Å²) in [5.74, 6) is -1.02. The average molecular weight is 358 g/mol. The van der Waals surface area contributed by atoms with Crippen molar-refractivity contribution in [1.82, 2.24) is 0 Å². The van der Waals surface area contributed by atoms with Crippen LogP contribution in [0.3, 0.4) is 0 Å². The number of hydrogen-bond donors (Lipinski definition) is 0. The van der Waals surface area contributed by atoms with E-state index in [2.05, 4.69) is 72.8 Å². The summed E-state index contributed by atoms with van der Waals surface area (Å²) < 4.78 is 12.3. The molecule has 3 aromatic rings.